The van der Waals surface area contributed by atoms with Crippen LogP contribution in [0.4, 0.5) is 10.9 Å². The fourth-order valence-electron chi connectivity index (χ4n) is 2.25. The summed E-state index contributed by atoms with van der Waals surface area (Å²) in [5.41, 5.74) is 11.8. The maximum absolute atomic E-state index is 12.1. The zero-order valence-corrected chi connectivity index (χ0v) is 13.2. The van der Waals surface area contributed by atoms with Crippen molar-refractivity contribution in [3.63, 3.8) is 0 Å². The zero-order valence-electron chi connectivity index (χ0n) is 12.4. The van der Waals surface area contributed by atoms with Crippen LogP contribution in [0.25, 0.3) is 0 Å². The Labute approximate surface area is 129 Å². The van der Waals surface area contributed by atoms with Crippen LogP contribution >= 0.6 is 11.3 Å². The zero-order chi connectivity index (χ0) is 15.2. The molecule has 0 spiro atoms. The first-order valence-electron chi connectivity index (χ1n) is 7.37. The second-order valence-electron chi connectivity index (χ2n) is 5.17. The van der Waals surface area contributed by atoms with Crippen LogP contribution in [0.1, 0.15) is 29.4 Å². The molecule has 118 valence electrons. The van der Waals surface area contributed by atoms with Gasteiger partial charge in [-0.15, -0.1) is 0 Å². The highest BCUT2D eigenvalue weighted by atomic mass is 32.1. The van der Waals surface area contributed by atoms with Gasteiger partial charge >= 0.3 is 0 Å². The number of carbonyl (C=O) groups excluding carboxylic acids is 1. The monoisotopic (exact) mass is 312 g/mol. The number of thiazole rings is 1. The van der Waals surface area contributed by atoms with Gasteiger partial charge in [-0.05, 0) is 25.9 Å². The number of nitrogens with one attached hydrogen (secondary N) is 2. The molecule has 1 fully saturated rings. The summed E-state index contributed by atoms with van der Waals surface area (Å²) in [6.07, 6.45) is 1.84. The molecule has 0 radical (unpaired) electrons. The van der Waals surface area contributed by atoms with Crippen LogP contribution in [0.2, 0.25) is 0 Å². The topological polar surface area (TPSA) is 109 Å². The Kier molecular flexibility index (Phi) is 5.77. The minimum atomic E-state index is -0.142. The van der Waals surface area contributed by atoms with Crippen LogP contribution in [0, 0.1) is 0 Å². The Balaban J connectivity index is 1.88. The van der Waals surface area contributed by atoms with Gasteiger partial charge in [0.25, 0.3) is 5.91 Å². The molecule has 1 unspecified atom stereocenters. The third kappa shape index (κ3) is 4.29. The number of hydrogen-bond acceptors (Lipinski definition) is 7. The molecule has 21 heavy (non-hydrogen) atoms. The van der Waals surface area contributed by atoms with Gasteiger partial charge in [0.2, 0.25) is 0 Å². The average Bonchev–Trinajstić information content (AvgIpc) is 3.04. The van der Waals surface area contributed by atoms with Crippen LogP contribution in [-0.4, -0.2) is 49.7 Å². The number of aromatic nitrogens is 1. The number of amides is 1. The van der Waals surface area contributed by atoms with Crippen LogP contribution < -0.4 is 27.0 Å². The first-order valence-corrected chi connectivity index (χ1v) is 8.19. The minimum absolute atomic E-state index is 0.142. The Morgan fingerprint density at radius 2 is 2.33 bits per heavy atom. The van der Waals surface area contributed by atoms with Crippen molar-refractivity contribution in [3.05, 3.63) is 4.88 Å². The third-order valence-corrected chi connectivity index (χ3v) is 4.54. The number of nitrogens with zero attached hydrogens (tertiary/aromatic N) is 2. The molecule has 0 saturated carbocycles. The average molecular weight is 312 g/mol. The van der Waals surface area contributed by atoms with Crippen LogP contribution in [0.3, 0.4) is 0 Å². The summed E-state index contributed by atoms with van der Waals surface area (Å²) in [6.45, 7) is 6.17. The van der Waals surface area contributed by atoms with Crippen molar-refractivity contribution in [1.29, 1.82) is 0 Å². The molecule has 7 nitrogen and oxygen atoms in total. The molecular formula is C13H24N6OS. The molecule has 1 amide bonds. The van der Waals surface area contributed by atoms with E-state index >= 15 is 0 Å². The fourth-order valence-corrected chi connectivity index (χ4v) is 3.19. The van der Waals surface area contributed by atoms with E-state index in [2.05, 4.69) is 27.4 Å². The van der Waals surface area contributed by atoms with Gasteiger partial charge in [0, 0.05) is 25.7 Å². The third-order valence-electron chi connectivity index (χ3n) is 3.41. The van der Waals surface area contributed by atoms with Gasteiger partial charge in [-0.3, -0.25) is 4.79 Å². The largest absolute Gasteiger partial charge is 0.382 e. The van der Waals surface area contributed by atoms with Gasteiger partial charge < -0.3 is 27.0 Å². The Hall–Kier alpha value is -1.38. The van der Waals surface area contributed by atoms with Crippen LogP contribution in [0.5, 0.6) is 0 Å². The van der Waals surface area contributed by atoms with Gasteiger partial charge in [-0.1, -0.05) is 18.3 Å². The first-order chi connectivity index (χ1) is 10.1. The Morgan fingerprint density at radius 3 is 3.00 bits per heavy atom. The molecule has 6 N–H and O–H groups in total. The molecule has 1 aliphatic rings. The van der Waals surface area contributed by atoms with Crippen molar-refractivity contribution in [3.8, 4) is 0 Å². The molecule has 0 aromatic carbocycles. The van der Waals surface area contributed by atoms with E-state index in [9.17, 15) is 4.79 Å². The number of nitrogens with two attached hydrogens (primary N) is 2. The number of carbonyl (C=O) groups is 1. The van der Waals surface area contributed by atoms with E-state index in [1.807, 2.05) is 0 Å². The van der Waals surface area contributed by atoms with Crippen LogP contribution in [-0.2, 0) is 0 Å². The number of rotatable bonds is 7. The lowest BCUT2D eigenvalue weighted by atomic mass is 10.3. The fraction of sp³-hybridized carbons (Fsp3) is 0.692. The summed E-state index contributed by atoms with van der Waals surface area (Å²) < 4.78 is 0. The van der Waals surface area contributed by atoms with Crippen molar-refractivity contribution in [2.24, 2.45) is 5.73 Å². The number of hydrogen-bond donors (Lipinski definition) is 4. The molecule has 1 atom stereocenters. The summed E-state index contributed by atoms with van der Waals surface area (Å²) in [4.78, 5) is 19.0. The van der Waals surface area contributed by atoms with E-state index in [0.717, 1.165) is 44.2 Å². The molecule has 1 saturated heterocycles. The lowest BCUT2D eigenvalue weighted by Gasteiger charge is -2.12. The van der Waals surface area contributed by atoms with Crippen molar-refractivity contribution >= 4 is 28.2 Å². The molecule has 2 rings (SSSR count). The number of nitrogen functional groups attached to an aromatic ring is 1. The summed E-state index contributed by atoms with van der Waals surface area (Å²) in [5.74, 6) is 0.163. The molecule has 1 aromatic rings. The second-order valence-corrected chi connectivity index (χ2v) is 6.15. The standard InChI is InChI=1S/C13H24N6OS/c1-2-16-5-3-6-17-12(20)10-11(15)18-13(21-10)19-7-4-9(14)8-19/h9,16H,2-8,14-15H2,1H3,(H,17,20). The Morgan fingerprint density at radius 1 is 1.52 bits per heavy atom. The lowest BCUT2D eigenvalue weighted by molar-refractivity contribution is 0.0958. The molecular weight excluding hydrogens is 288 g/mol. The normalized spacial score (nSPS) is 18.2. The van der Waals surface area contributed by atoms with Gasteiger partial charge in [0.05, 0.1) is 0 Å². The molecule has 2 heterocycles. The molecule has 8 heteroatoms. The van der Waals surface area contributed by atoms with Crippen molar-refractivity contribution in [2.75, 3.05) is 43.4 Å². The van der Waals surface area contributed by atoms with E-state index in [1.54, 1.807) is 0 Å². The van der Waals surface area contributed by atoms with E-state index in [1.165, 1.54) is 11.3 Å². The smallest absolute Gasteiger partial charge is 0.265 e. The quantitative estimate of drug-likeness (QED) is 0.527. The molecule has 1 aliphatic heterocycles. The molecule has 0 aliphatic carbocycles. The van der Waals surface area contributed by atoms with Gasteiger partial charge in [-0.25, -0.2) is 4.98 Å². The summed E-state index contributed by atoms with van der Waals surface area (Å²) in [7, 11) is 0. The van der Waals surface area contributed by atoms with Gasteiger partial charge in [0.1, 0.15) is 10.7 Å². The maximum Gasteiger partial charge on any atom is 0.265 e. The van der Waals surface area contributed by atoms with E-state index in [4.69, 9.17) is 11.5 Å². The van der Waals surface area contributed by atoms with Crippen LogP contribution in [0.15, 0.2) is 0 Å². The van der Waals surface area contributed by atoms with E-state index < -0.39 is 0 Å². The SMILES string of the molecule is CCNCCCNC(=O)c1sc(N2CCC(N)C2)nc1N. The highest BCUT2D eigenvalue weighted by Gasteiger charge is 2.24. The summed E-state index contributed by atoms with van der Waals surface area (Å²) >= 11 is 1.34. The summed E-state index contributed by atoms with van der Waals surface area (Å²) in [5, 5.41) is 6.88. The van der Waals surface area contributed by atoms with Gasteiger partial charge in [0.15, 0.2) is 5.13 Å². The van der Waals surface area contributed by atoms with Crippen molar-refractivity contribution in [2.45, 2.75) is 25.8 Å². The summed E-state index contributed by atoms with van der Waals surface area (Å²) in [6, 6.07) is 0.179. The maximum atomic E-state index is 12.1. The Bertz CT molecular complexity index is 477. The second kappa shape index (κ2) is 7.58. The minimum Gasteiger partial charge on any atom is -0.382 e. The molecule has 0 bridgehead atoms. The highest BCUT2D eigenvalue weighted by molar-refractivity contribution is 7.18. The van der Waals surface area contributed by atoms with E-state index in [-0.39, 0.29) is 11.9 Å². The van der Waals surface area contributed by atoms with E-state index in [0.29, 0.717) is 17.2 Å². The lowest BCUT2D eigenvalue weighted by Crippen LogP contribution is -2.27. The number of anilines is 2. The predicted octanol–water partition coefficient (Wildman–Crippen LogP) is -0.00790. The van der Waals surface area contributed by atoms with Crippen molar-refractivity contribution in [1.82, 2.24) is 15.6 Å². The van der Waals surface area contributed by atoms with Crippen molar-refractivity contribution < 1.29 is 4.79 Å². The predicted molar refractivity (Wildman–Crippen MR) is 86.8 cm³/mol. The first kappa shape index (κ1) is 16.0. The van der Waals surface area contributed by atoms with Gasteiger partial charge in [-0.2, -0.15) is 0 Å². The molecule has 1 aromatic heterocycles. The highest BCUT2D eigenvalue weighted by Crippen LogP contribution is 2.30.